The molecule has 140 valence electrons. The van der Waals surface area contributed by atoms with E-state index in [4.69, 9.17) is 11.6 Å². The molecule has 1 heterocycles. The number of carbonyl (C=O) groups is 2. The molecular formula is C20H21ClN4O2. The van der Waals surface area contributed by atoms with E-state index >= 15 is 0 Å². The number of hydrogen-bond donors (Lipinski definition) is 3. The summed E-state index contributed by atoms with van der Waals surface area (Å²) in [4.78, 5) is 31.5. The van der Waals surface area contributed by atoms with Gasteiger partial charge in [0.25, 0.3) is 0 Å². The lowest BCUT2D eigenvalue weighted by molar-refractivity contribution is -0.121. The van der Waals surface area contributed by atoms with Crippen molar-refractivity contribution in [2.24, 2.45) is 0 Å². The maximum atomic E-state index is 11.9. The lowest BCUT2D eigenvalue weighted by Crippen LogP contribution is -2.25. The number of nitrogens with one attached hydrogen (secondary N) is 3. The predicted octanol–water partition coefficient (Wildman–Crippen LogP) is 3.68. The Labute approximate surface area is 162 Å². The Morgan fingerprint density at radius 2 is 1.78 bits per heavy atom. The van der Waals surface area contributed by atoms with Crippen LogP contribution in [0.3, 0.4) is 0 Å². The number of aromatic amines is 1. The number of aryl methyl sites for hydroxylation is 1. The van der Waals surface area contributed by atoms with E-state index < -0.39 is 0 Å². The van der Waals surface area contributed by atoms with Crippen LogP contribution in [-0.4, -0.2) is 28.3 Å². The van der Waals surface area contributed by atoms with Crippen molar-refractivity contribution in [1.82, 2.24) is 15.3 Å². The van der Waals surface area contributed by atoms with Crippen LogP contribution in [0.5, 0.6) is 0 Å². The van der Waals surface area contributed by atoms with Crippen molar-refractivity contribution in [2.45, 2.75) is 25.7 Å². The normalized spacial score (nSPS) is 10.7. The zero-order valence-electron chi connectivity index (χ0n) is 14.8. The van der Waals surface area contributed by atoms with Crippen molar-refractivity contribution in [3.63, 3.8) is 0 Å². The quantitative estimate of drug-likeness (QED) is 0.518. The minimum atomic E-state index is -0.0890. The van der Waals surface area contributed by atoms with Gasteiger partial charge in [0, 0.05) is 36.5 Å². The number of imidazole rings is 1. The summed E-state index contributed by atoms with van der Waals surface area (Å²) >= 11 is 5.81. The Kier molecular flexibility index (Phi) is 6.44. The van der Waals surface area contributed by atoms with Gasteiger partial charge in [0.05, 0.1) is 11.0 Å². The number of halogens is 1. The van der Waals surface area contributed by atoms with Crippen LogP contribution in [0.25, 0.3) is 11.0 Å². The molecule has 0 saturated carbocycles. The van der Waals surface area contributed by atoms with Crippen molar-refractivity contribution in [3.8, 4) is 0 Å². The summed E-state index contributed by atoms with van der Waals surface area (Å²) in [6.45, 7) is 0.465. The van der Waals surface area contributed by atoms with Gasteiger partial charge in [-0.05, 0) is 42.8 Å². The Balaban J connectivity index is 1.32. The van der Waals surface area contributed by atoms with E-state index in [1.54, 1.807) is 24.3 Å². The molecule has 0 atom stereocenters. The molecule has 0 unspecified atom stereocenters. The average Bonchev–Trinajstić information content (AvgIpc) is 3.08. The number of para-hydroxylation sites is 2. The maximum absolute atomic E-state index is 11.9. The third kappa shape index (κ3) is 5.82. The molecule has 0 aliphatic carbocycles. The minimum Gasteiger partial charge on any atom is -0.356 e. The molecular weight excluding hydrogens is 364 g/mol. The molecule has 0 spiro atoms. The van der Waals surface area contributed by atoms with E-state index in [0.717, 1.165) is 16.9 Å². The highest BCUT2D eigenvalue weighted by Gasteiger charge is 2.07. The van der Waals surface area contributed by atoms with Gasteiger partial charge in [0.15, 0.2) is 0 Å². The fraction of sp³-hybridized carbons (Fsp3) is 0.250. The van der Waals surface area contributed by atoms with E-state index in [2.05, 4.69) is 20.6 Å². The number of nitrogens with zero attached hydrogens (tertiary/aromatic N) is 1. The fourth-order valence-electron chi connectivity index (χ4n) is 2.68. The van der Waals surface area contributed by atoms with Gasteiger partial charge in [-0.3, -0.25) is 9.59 Å². The molecule has 0 bridgehead atoms. The second-order valence-electron chi connectivity index (χ2n) is 6.21. The Hall–Kier alpha value is -2.86. The third-order valence-corrected chi connectivity index (χ3v) is 4.31. The number of carbonyl (C=O) groups excluding carboxylic acids is 2. The first-order valence-electron chi connectivity index (χ1n) is 8.86. The highest BCUT2D eigenvalue weighted by molar-refractivity contribution is 6.30. The summed E-state index contributed by atoms with van der Waals surface area (Å²) in [5.41, 5.74) is 2.58. The molecule has 0 aliphatic rings. The second kappa shape index (κ2) is 9.19. The summed E-state index contributed by atoms with van der Waals surface area (Å²) in [5, 5.41) is 6.25. The standard InChI is InChI=1S/C20H21ClN4O2/c21-14-7-9-15(10-8-14)23-20(27)6-3-13-22-19(26)12-11-18-24-16-4-1-2-5-17(16)25-18/h1-2,4-5,7-10H,3,6,11-13H2,(H,22,26)(H,23,27)(H,24,25). The molecule has 3 aromatic rings. The molecule has 6 nitrogen and oxygen atoms in total. The monoisotopic (exact) mass is 384 g/mol. The van der Waals surface area contributed by atoms with Crippen LogP contribution in [0.1, 0.15) is 25.1 Å². The van der Waals surface area contributed by atoms with Gasteiger partial charge in [0.2, 0.25) is 11.8 Å². The van der Waals surface area contributed by atoms with Gasteiger partial charge in [-0.1, -0.05) is 23.7 Å². The first-order chi connectivity index (χ1) is 13.1. The molecule has 0 saturated heterocycles. The molecule has 7 heteroatoms. The number of hydrogen-bond acceptors (Lipinski definition) is 3. The van der Waals surface area contributed by atoms with E-state index in [-0.39, 0.29) is 11.8 Å². The van der Waals surface area contributed by atoms with Crippen LogP contribution in [0, 0.1) is 0 Å². The summed E-state index contributed by atoms with van der Waals surface area (Å²) in [5.74, 6) is 0.663. The molecule has 3 N–H and O–H groups in total. The third-order valence-electron chi connectivity index (χ3n) is 4.06. The van der Waals surface area contributed by atoms with E-state index in [0.29, 0.717) is 42.9 Å². The minimum absolute atomic E-state index is 0.0476. The number of benzene rings is 2. The summed E-state index contributed by atoms with van der Waals surface area (Å²) < 4.78 is 0. The molecule has 0 fully saturated rings. The highest BCUT2D eigenvalue weighted by atomic mass is 35.5. The molecule has 1 aromatic heterocycles. The zero-order valence-corrected chi connectivity index (χ0v) is 15.6. The Morgan fingerprint density at radius 3 is 2.56 bits per heavy atom. The van der Waals surface area contributed by atoms with Crippen LogP contribution in [-0.2, 0) is 16.0 Å². The summed E-state index contributed by atoms with van der Waals surface area (Å²) in [7, 11) is 0. The van der Waals surface area contributed by atoms with Crippen LogP contribution >= 0.6 is 11.6 Å². The SMILES string of the molecule is O=C(CCc1nc2ccccc2[nH]1)NCCCC(=O)Nc1ccc(Cl)cc1. The number of aromatic nitrogens is 2. The summed E-state index contributed by atoms with van der Waals surface area (Å²) in [6.07, 6.45) is 1.83. The topological polar surface area (TPSA) is 86.9 Å². The molecule has 0 radical (unpaired) electrons. The van der Waals surface area contributed by atoms with Crippen molar-refractivity contribution >= 4 is 40.1 Å². The van der Waals surface area contributed by atoms with Gasteiger partial charge in [-0.2, -0.15) is 0 Å². The fourth-order valence-corrected chi connectivity index (χ4v) is 2.80. The van der Waals surface area contributed by atoms with Crippen LogP contribution in [0.15, 0.2) is 48.5 Å². The van der Waals surface area contributed by atoms with Crippen molar-refractivity contribution in [3.05, 3.63) is 59.4 Å². The largest absolute Gasteiger partial charge is 0.356 e. The molecule has 3 rings (SSSR count). The second-order valence-corrected chi connectivity index (χ2v) is 6.65. The summed E-state index contributed by atoms with van der Waals surface area (Å²) in [6, 6.07) is 14.7. The van der Waals surface area contributed by atoms with E-state index in [1.807, 2.05) is 24.3 Å². The number of H-pyrrole nitrogens is 1. The van der Waals surface area contributed by atoms with E-state index in [9.17, 15) is 9.59 Å². The molecule has 2 amide bonds. The number of fused-ring (bicyclic) bond motifs is 1. The molecule has 0 aliphatic heterocycles. The number of amides is 2. The van der Waals surface area contributed by atoms with Crippen LogP contribution in [0.2, 0.25) is 5.02 Å². The molecule has 27 heavy (non-hydrogen) atoms. The van der Waals surface area contributed by atoms with Gasteiger partial charge < -0.3 is 15.6 Å². The first-order valence-corrected chi connectivity index (χ1v) is 9.24. The maximum Gasteiger partial charge on any atom is 0.224 e. The van der Waals surface area contributed by atoms with Crippen molar-refractivity contribution in [1.29, 1.82) is 0 Å². The van der Waals surface area contributed by atoms with Crippen molar-refractivity contribution < 1.29 is 9.59 Å². The van der Waals surface area contributed by atoms with E-state index in [1.165, 1.54) is 0 Å². The van der Waals surface area contributed by atoms with Gasteiger partial charge >= 0.3 is 0 Å². The van der Waals surface area contributed by atoms with Gasteiger partial charge in [-0.25, -0.2) is 4.98 Å². The van der Waals surface area contributed by atoms with Gasteiger partial charge in [-0.15, -0.1) is 0 Å². The Bertz CT molecular complexity index is 888. The van der Waals surface area contributed by atoms with Crippen molar-refractivity contribution in [2.75, 3.05) is 11.9 Å². The first kappa shape index (κ1) is 18.9. The lowest BCUT2D eigenvalue weighted by atomic mass is 10.2. The molecule has 2 aromatic carbocycles. The lowest BCUT2D eigenvalue weighted by Gasteiger charge is -2.06. The van der Waals surface area contributed by atoms with Gasteiger partial charge in [0.1, 0.15) is 5.82 Å². The zero-order chi connectivity index (χ0) is 19.1. The number of rotatable bonds is 8. The van der Waals surface area contributed by atoms with Crippen LogP contribution in [0.4, 0.5) is 5.69 Å². The number of anilines is 1. The Morgan fingerprint density at radius 1 is 1.00 bits per heavy atom. The average molecular weight is 385 g/mol. The predicted molar refractivity (Wildman–Crippen MR) is 107 cm³/mol. The van der Waals surface area contributed by atoms with Crippen LogP contribution < -0.4 is 10.6 Å². The highest BCUT2D eigenvalue weighted by Crippen LogP contribution is 2.14. The smallest absolute Gasteiger partial charge is 0.224 e.